The number of rotatable bonds is 3. The molecule has 0 radical (unpaired) electrons. The number of anilines is 1. The molecule has 1 aromatic carbocycles. The maximum absolute atomic E-state index is 12.4. The van der Waals surface area contributed by atoms with Crippen molar-refractivity contribution >= 4 is 22.5 Å². The zero-order chi connectivity index (χ0) is 14.8. The highest BCUT2D eigenvalue weighted by atomic mass is 16.2. The maximum atomic E-state index is 12.4. The van der Waals surface area contributed by atoms with Crippen LogP contribution >= 0.6 is 0 Å². The molecule has 2 heterocycles. The lowest BCUT2D eigenvalue weighted by molar-refractivity contribution is -0.130. The smallest absolute Gasteiger partial charge is 0.244 e. The number of aryl methyl sites for hydroxylation is 1. The molecule has 0 aliphatic carbocycles. The summed E-state index contributed by atoms with van der Waals surface area (Å²) in [5, 5.41) is 4.43. The lowest BCUT2D eigenvalue weighted by Crippen LogP contribution is -2.39. The number of likely N-dealkylation sites (tertiary alicyclic amines) is 1. The molecule has 1 atom stereocenters. The van der Waals surface area contributed by atoms with Gasteiger partial charge in [-0.2, -0.15) is 0 Å². The van der Waals surface area contributed by atoms with Gasteiger partial charge in [-0.15, -0.1) is 0 Å². The second-order valence-corrected chi connectivity index (χ2v) is 5.73. The predicted octanol–water partition coefficient (Wildman–Crippen LogP) is 2.97. The van der Waals surface area contributed by atoms with Crippen LogP contribution in [0.3, 0.4) is 0 Å². The van der Waals surface area contributed by atoms with Crippen LogP contribution in [0.15, 0.2) is 30.3 Å². The minimum absolute atomic E-state index is 0.186. The summed E-state index contributed by atoms with van der Waals surface area (Å²) in [6.45, 7) is 5.69. The van der Waals surface area contributed by atoms with Crippen LogP contribution in [0.4, 0.5) is 5.69 Å². The van der Waals surface area contributed by atoms with Crippen LogP contribution in [-0.4, -0.2) is 34.9 Å². The lowest BCUT2D eigenvalue weighted by atomic mass is 10.1. The fourth-order valence-corrected chi connectivity index (χ4v) is 2.93. The van der Waals surface area contributed by atoms with E-state index in [2.05, 4.69) is 10.3 Å². The van der Waals surface area contributed by atoms with Gasteiger partial charge in [-0.25, -0.2) is 0 Å². The van der Waals surface area contributed by atoms with Crippen molar-refractivity contribution in [1.29, 1.82) is 0 Å². The van der Waals surface area contributed by atoms with E-state index in [4.69, 9.17) is 0 Å². The summed E-state index contributed by atoms with van der Waals surface area (Å²) in [5.74, 6) is 0.186. The number of carbonyl (C=O) groups is 1. The highest BCUT2D eigenvalue weighted by Gasteiger charge is 2.23. The van der Waals surface area contributed by atoms with Crippen LogP contribution < -0.4 is 5.32 Å². The third kappa shape index (κ3) is 2.84. The molecule has 110 valence electrons. The van der Waals surface area contributed by atoms with Crippen LogP contribution in [0.5, 0.6) is 0 Å². The SMILES string of the molecule is Cc1cc(NC(C)C(=O)N2CCCC2)c2ccccc2n1. The van der Waals surface area contributed by atoms with Gasteiger partial charge in [0.2, 0.25) is 5.91 Å². The van der Waals surface area contributed by atoms with Gasteiger partial charge in [0.25, 0.3) is 0 Å². The van der Waals surface area contributed by atoms with Crippen molar-refractivity contribution in [3.8, 4) is 0 Å². The number of benzene rings is 1. The molecule has 1 aliphatic heterocycles. The predicted molar refractivity (Wildman–Crippen MR) is 85.4 cm³/mol. The largest absolute Gasteiger partial charge is 0.373 e. The van der Waals surface area contributed by atoms with E-state index in [1.165, 1.54) is 0 Å². The Morgan fingerprint density at radius 1 is 1.29 bits per heavy atom. The minimum Gasteiger partial charge on any atom is -0.373 e. The van der Waals surface area contributed by atoms with Gasteiger partial charge in [-0.1, -0.05) is 18.2 Å². The molecule has 1 N–H and O–H groups in total. The number of nitrogens with zero attached hydrogens (tertiary/aromatic N) is 2. The molecule has 1 aliphatic rings. The van der Waals surface area contributed by atoms with E-state index in [1.54, 1.807) is 0 Å². The normalized spacial score (nSPS) is 16.2. The fraction of sp³-hybridized carbons (Fsp3) is 0.412. The van der Waals surface area contributed by atoms with Gasteiger partial charge in [0.05, 0.1) is 5.52 Å². The average Bonchev–Trinajstić information content (AvgIpc) is 3.00. The molecular weight excluding hydrogens is 262 g/mol. The molecule has 4 nitrogen and oxygen atoms in total. The first-order chi connectivity index (χ1) is 10.1. The minimum atomic E-state index is -0.215. The van der Waals surface area contributed by atoms with Gasteiger partial charge in [0.15, 0.2) is 0 Å². The summed E-state index contributed by atoms with van der Waals surface area (Å²) in [6.07, 6.45) is 2.24. The summed E-state index contributed by atoms with van der Waals surface area (Å²) < 4.78 is 0. The molecule has 1 unspecified atom stereocenters. The molecule has 1 fully saturated rings. The fourth-order valence-electron chi connectivity index (χ4n) is 2.93. The highest BCUT2D eigenvalue weighted by molar-refractivity contribution is 5.94. The molecule has 2 aromatic rings. The topological polar surface area (TPSA) is 45.2 Å². The molecular formula is C17H21N3O. The third-order valence-corrected chi connectivity index (χ3v) is 4.00. The van der Waals surface area contributed by atoms with E-state index in [-0.39, 0.29) is 11.9 Å². The second kappa shape index (κ2) is 5.72. The molecule has 1 amide bonds. The van der Waals surface area contributed by atoms with Crippen LogP contribution in [-0.2, 0) is 4.79 Å². The summed E-state index contributed by atoms with van der Waals surface area (Å²) in [6, 6.07) is 9.82. The highest BCUT2D eigenvalue weighted by Crippen LogP contribution is 2.24. The van der Waals surface area contributed by atoms with Gasteiger partial charge in [0, 0.05) is 29.9 Å². The first-order valence-electron chi connectivity index (χ1n) is 7.57. The Kier molecular flexibility index (Phi) is 3.78. The number of hydrogen-bond donors (Lipinski definition) is 1. The van der Waals surface area contributed by atoms with Crippen molar-refractivity contribution in [2.45, 2.75) is 32.7 Å². The van der Waals surface area contributed by atoms with E-state index in [0.29, 0.717) is 0 Å². The van der Waals surface area contributed by atoms with Crippen LogP contribution in [0.2, 0.25) is 0 Å². The van der Waals surface area contributed by atoms with E-state index >= 15 is 0 Å². The number of nitrogens with one attached hydrogen (secondary N) is 1. The van der Waals surface area contributed by atoms with Crippen molar-refractivity contribution in [1.82, 2.24) is 9.88 Å². The number of aromatic nitrogens is 1. The van der Waals surface area contributed by atoms with Gasteiger partial charge in [0.1, 0.15) is 6.04 Å². The molecule has 0 saturated carbocycles. The number of fused-ring (bicyclic) bond motifs is 1. The van der Waals surface area contributed by atoms with Gasteiger partial charge in [-0.3, -0.25) is 9.78 Å². The molecule has 21 heavy (non-hydrogen) atoms. The maximum Gasteiger partial charge on any atom is 0.244 e. The number of carbonyl (C=O) groups excluding carboxylic acids is 1. The van der Waals surface area contributed by atoms with Crippen molar-refractivity contribution in [2.75, 3.05) is 18.4 Å². The molecule has 4 heteroatoms. The standard InChI is InChI=1S/C17H21N3O/c1-12-11-16(14-7-3-4-8-15(14)18-12)19-13(2)17(21)20-9-5-6-10-20/h3-4,7-8,11,13H,5-6,9-10H2,1-2H3,(H,18,19). The van der Waals surface area contributed by atoms with Gasteiger partial charge < -0.3 is 10.2 Å². The Hall–Kier alpha value is -2.10. The first-order valence-corrected chi connectivity index (χ1v) is 7.57. The number of hydrogen-bond acceptors (Lipinski definition) is 3. The van der Waals surface area contributed by atoms with Crippen LogP contribution in [0, 0.1) is 6.92 Å². The molecule has 3 rings (SSSR count). The van der Waals surface area contributed by atoms with Crippen molar-refractivity contribution in [3.63, 3.8) is 0 Å². The Morgan fingerprint density at radius 3 is 2.76 bits per heavy atom. The Bertz CT molecular complexity index is 662. The number of pyridine rings is 1. The van der Waals surface area contributed by atoms with E-state index in [0.717, 1.165) is 48.2 Å². The Balaban J connectivity index is 1.85. The van der Waals surface area contributed by atoms with Crippen molar-refractivity contribution in [3.05, 3.63) is 36.0 Å². The number of para-hydroxylation sites is 1. The Labute approximate surface area is 125 Å². The number of amides is 1. The lowest BCUT2D eigenvalue weighted by Gasteiger charge is -2.22. The summed E-state index contributed by atoms with van der Waals surface area (Å²) in [5.41, 5.74) is 2.90. The first kappa shape index (κ1) is 13.9. The second-order valence-electron chi connectivity index (χ2n) is 5.73. The average molecular weight is 283 g/mol. The van der Waals surface area contributed by atoms with Gasteiger partial charge in [-0.05, 0) is 38.8 Å². The molecule has 0 spiro atoms. The third-order valence-electron chi connectivity index (χ3n) is 4.00. The quantitative estimate of drug-likeness (QED) is 0.942. The monoisotopic (exact) mass is 283 g/mol. The van der Waals surface area contributed by atoms with Crippen molar-refractivity contribution < 1.29 is 4.79 Å². The van der Waals surface area contributed by atoms with Gasteiger partial charge >= 0.3 is 0 Å². The molecule has 0 bridgehead atoms. The molecule has 1 saturated heterocycles. The summed E-state index contributed by atoms with van der Waals surface area (Å²) >= 11 is 0. The molecule has 1 aromatic heterocycles. The van der Waals surface area contributed by atoms with E-state index in [9.17, 15) is 4.79 Å². The van der Waals surface area contributed by atoms with Crippen molar-refractivity contribution in [2.24, 2.45) is 0 Å². The summed E-state index contributed by atoms with van der Waals surface area (Å²) in [4.78, 5) is 18.9. The van der Waals surface area contributed by atoms with E-state index in [1.807, 2.05) is 49.1 Å². The van der Waals surface area contributed by atoms with Crippen LogP contribution in [0.1, 0.15) is 25.5 Å². The summed E-state index contributed by atoms with van der Waals surface area (Å²) in [7, 11) is 0. The van der Waals surface area contributed by atoms with Crippen LogP contribution in [0.25, 0.3) is 10.9 Å². The van der Waals surface area contributed by atoms with E-state index < -0.39 is 0 Å². The zero-order valence-corrected chi connectivity index (χ0v) is 12.6. The zero-order valence-electron chi connectivity index (χ0n) is 12.6. The Morgan fingerprint density at radius 2 is 2.00 bits per heavy atom.